The molecule has 1 amide bonds. The average molecular weight is 413 g/mol. The lowest BCUT2D eigenvalue weighted by molar-refractivity contribution is -0.120. The lowest BCUT2D eigenvalue weighted by Crippen LogP contribution is -2.49. The first-order chi connectivity index (χ1) is 13.4. The van der Waals surface area contributed by atoms with Gasteiger partial charge in [-0.2, -0.15) is 5.26 Å². The molecule has 3 rings (SSSR count). The molecule has 0 saturated heterocycles. The molecule has 144 valence electrons. The Kier molecular flexibility index (Phi) is 5.87. The first-order valence-electron chi connectivity index (χ1n) is 8.76. The lowest BCUT2D eigenvalue weighted by atomic mass is 9.90. The van der Waals surface area contributed by atoms with Crippen molar-refractivity contribution in [3.8, 4) is 11.8 Å². The Morgan fingerprint density at radius 3 is 2.71 bits per heavy atom. The average Bonchev–Trinajstić information content (AvgIpc) is 3.16. The second-order valence-corrected chi connectivity index (χ2v) is 8.65. The third kappa shape index (κ3) is 3.96. The maximum absolute atomic E-state index is 13.0. The number of para-hydroxylation sites is 1. The number of nitriles is 1. The van der Waals surface area contributed by atoms with Gasteiger partial charge < -0.3 is 5.32 Å². The third-order valence-corrected chi connectivity index (χ3v) is 6.34. The number of fused-ring (bicyclic) bond motifs is 1. The zero-order valence-corrected chi connectivity index (χ0v) is 17.4. The summed E-state index contributed by atoms with van der Waals surface area (Å²) in [5.74, 6) is -0.252. The fraction of sp³-hybridized carbons (Fsp3) is 0.300. The van der Waals surface area contributed by atoms with Crippen LogP contribution in [0.15, 0.2) is 51.7 Å². The van der Waals surface area contributed by atoms with Crippen LogP contribution >= 0.6 is 23.1 Å². The van der Waals surface area contributed by atoms with Crippen molar-refractivity contribution in [1.29, 1.82) is 5.26 Å². The smallest absolute Gasteiger partial charge is 0.267 e. The van der Waals surface area contributed by atoms with Gasteiger partial charge in [0.2, 0.25) is 5.91 Å². The summed E-state index contributed by atoms with van der Waals surface area (Å²) in [6.45, 7) is 5.47. The molecule has 2 aromatic heterocycles. The van der Waals surface area contributed by atoms with Crippen molar-refractivity contribution in [1.82, 2.24) is 14.9 Å². The zero-order valence-electron chi connectivity index (χ0n) is 15.8. The number of thiophene rings is 1. The number of nitrogens with one attached hydrogen (secondary N) is 1. The minimum atomic E-state index is -0.943. The third-order valence-electron chi connectivity index (χ3n) is 4.60. The molecule has 0 aliphatic rings. The van der Waals surface area contributed by atoms with Crippen molar-refractivity contribution in [3.05, 3.63) is 52.1 Å². The number of rotatable bonds is 6. The molecular weight excluding hydrogens is 392 g/mol. The van der Waals surface area contributed by atoms with Crippen molar-refractivity contribution in [3.63, 3.8) is 0 Å². The predicted octanol–water partition coefficient (Wildman–Crippen LogP) is 3.59. The summed E-state index contributed by atoms with van der Waals surface area (Å²) >= 11 is 2.57. The summed E-state index contributed by atoms with van der Waals surface area (Å²) in [6.07, 6.45) is 0. The highest BCUT2D eigenvalue weighted by Gasteiger charge is 2.30. The molecule has 0 aliphatic heterocycles. The molecule has 28 heavy (non-hydrogen) atoms. The molecule has 1 N–H and O–H groups in total. The Bertz CT molecular complexity index is 1100. The minimum Gasteiger partial charge on any atom is -0.337 e. The molecule has 1 atom stereocenters. The number of thioether (sulfide) groups is 1. The molecule has 0 radical (unpaired) electrons. The van der Waals surface area contributed by atoms with Gasteiger partial charge in [0.15, 0.2) is 5.16 Å². The molecule has 0 spiro atoms. The number of aromatic nitrogens is 2. The van der Waals surface area contributed by atoms with Crippen LogP contribution < -0.4 is 10.9 Å². The van der Waals surface area contributed by atoms with E-state index in [1.165, 1.54) is 27.7 Å². The monoisotopic (exact) mass is 412 g/mol. The molecule has 0 saturated carbocycles. The topological polar surface area (TPSA) is 87.8 Å². The number of benzene rings is 1. The maximum Gasteiger partial charge on any atom is 0.267 e. The van der Waals surface area contributed by atoms with Crippen LogP contribution in [0.2, 0.25) is 0 Å². The normalized spacial score (nSPS) is 13.2. The Morgan fingerprint density at radius 2 is 2.07 bits per heavy atom. The molecule has 1 aromatic carbocycles. The van der Waals surface area contributed by atoms with Crippen LogP contribution in [0.4, 0.5) is 0 Å². The highest BCUT2D eigenvalue weighted by atomic mass is 32.2. The van der Waals surface area contributed by atoms with Gasteiger partial charge in [0.1, 0.15) is 10.4 Å². The molecular formula is C20H20N4O2S2. The molecule has 0 fully saturated rings. The van der Waals surface area contributed by atoms with E-state index in [1.54, 1.807) is 13.0 Å². The highest BCUT2D eigenvalue weighted by molar-refractivity contribution is 7.99. The first kappa shape index (κ1) is 20.1. The molecule has 8 heteroatoms. The predicted molar refractivity (Wildman–Crippen MR) is 113 cm³/mol. The van der Waals surface area contributed by atoms with E-state index < -0.39 is 5.54 Å². The molecule has 0 unspecified atom stereocenters. The van der Waals surface area contributed by atoms with E-state index >= 15 is 0 Å². The van der Waals surface area contributed by atoms with E-state index in [1.807, 2.05) is 49.6 Å². The number of hydrogen-bond donors (Lipinski definition) is 1. The van der Waals surface area contributed by atoms with Crippen LogP contribution in [-0.2, 0) is 4.79 Å². The van der Waals surface area contributed by atoms with Gasteiger partial charge in [0, 0.05) is 0 Å². The van der Waals surface area contributed by atoms with Crippen molar-refractivity contribution in [2.75, 3.05) is 5.75 Å². The molecule has 2 heterocycles. The number of carbonyl (C=O) groups excluding carboxylic acids is 1. The minimum absolute atomic E-state index is 0.0328. The van der Waals surface area contributed by atoms with Gasteiger partial charge >= 0.3 is 0 Å². The van der Waals surface area contributed by atoms with E-state index in [0.29, 0.717) is 21.1 Å². The lowest BCUT2D eigenvalue weighted by Gasteiger charge is -2.27. The van der Waals surface area contributed by atoms with Gasteiger partial charge in [-0.05, 0) is 36.4 Å². The van der Waals surface area contributed by atoms with Gasteiger partial charge in [0.25, 0.3) is 5.56 Å². The standard InChI is InChI=1S/C20H20N4O2S2/c1-13(2)20(3,12-21)23-16(25)11-28-19-22-17-15(9-10-27-17)18(26)24(19)14-7-5-4-6-8-14/h4-10,13H,11H2,1-3H3,(H,23,25)/t20-/m1/s1. The summed E-state index contributed by atoms with van der Waals surface area (Å²) in [7, 11) is 0. The van der Waals surface area contributed by atoms with Crippen LogP contribution in [0.3, 0.4) is 0 Å². The summed E-state index contributed by atoms with van der Waals surface area (Å²) in [6, 6.07) is 13.2. The molecule has 6 nitrogen and oxygen atoms in total. The summed E-state index contributed by atoms with van der Waals surface area (Å²) in [4.78, 5) is 30.7. The van der Waals surface area contributed by atoms with Crippen molar-refractivity contribution < 1.29 is 4.79 Å². The molecule has 3 aromatic rings. The fourth-order valence-electron chi connectivity index (χ4n) is 2.55. The maximum atomic E-state index is 13.0. The van der Waals surface area contributed by atoms with Gasteiger partial charge in [0.05, 0.1) is 22.9 Å². The highest BCUT2D eigenvalue weighted by Crippen LogP contribution is 2.24. The van der Waals surface area contributed by atoms with Gasteiger partial charge in [-0.3, -0.25) is 14.2 Å². The van der Waals surface area contributed by atoms with E-state index in [0.717, 1.165) is 0 Å². The van der Waals surface area contributed by atoms with Crippen molar-refractivity contribution >= 4 is 39.2 Å². The Hall–Kier alpha value is -2.63. The summed E-state index contributed by atoms with van der Waals surface area (Å²) < 4.78 is 1.53. The van der Waals surface area contributed by atoms with E-state index in [9.17, 15) is 14.9 Å². The second kappa shape index (κ2) is 8.17. The fourth-order valence-corrected chi connectivity index (χ4v) is 4.17. The van der Waals surface area contributed by atoms with E-state index in [4.69, 9.17) is 0 Å². The quantitative estimate of drug-likeness (QED) is 0.494. The van der Waals surface area contributed by atoms with E-state index in [-0.39, 0.29) is 23.1 Å². The summed E-state index contributed by atoms with van der Waals surface area (Å²) in [5.41, 5.74) is -0.411. The number of amides is 1. The van der Waals surface area contributed by atoms with Crippen LogP contribution in [0.1, 0.15) is 20.8 Å². The van der Waals surface area contributed by atoms with E-state index in [2.05, 4.69) is 16.4 Å². The van der Waals surface area contributed by atoms with Crippen molar-refractivity contribution in [2.45, 2.75) is 31.5 Å². The van der Waals surface area contributed by atoms with Crippen LogP contribution in [0, 0.1) is 17.2 Å². The number of hydrogen-bond acceptors (Lipinski definition) is 6. The van der Waals surface area contributed by atoms with Crippen molar-refractivity contribution in [2.24, 2.45) is 5.92 Å². The number of nitrogens with zero attached hydrogens (tertiary/aromatic N) is 3. The number of carbonyl (C=O) groups is 1. The second-order valence-electron chi connectivity index (χ2n) is 6.82. The van der Waals surface area contributed by atoms with Crippen LogP contribution in [0.5, 0.6) is 0 Å². The molecule has 0 bridgehead atoms. The Balaban J connectivity index is 1.92. The van der Waals surface area contributed by atoms with Crippen LogP contribution in [-0.4, -0.2) is 26.8 Å². The van der Waals surface area contributed by atoms with Gasteiger partial charge in [-0.1, -0.05) is 43.8 Å². The SMILES string of the molecule is CC(C)[C@@](C)(C#N)NC(=O)CSc1nc2sccc2c(=O)n1-c1ccccc1. The zero-order chi connectivity index (χ0) is 20.3. The van der Waals surface area contributed by atoms with Gasteiger partial charge in [-0.25, -0.2) is 4.98 Å². The summed E-state index contributed by atoms with van der Waals surface area (Å²) in [5, 5.41) is 15.0. The largest absolute Gasteiger partial charge is 0.337 e. The van der Waals surface area contributed by atoms with Crippen LogP contribution in [0.25, 0.3) is 15.9 Å². The molecule has 0 aliphatic carbocycles. The van der Waals surface area contributed by atoms with Gasteiger partial charge in [-0.15, -0.1) is 11.3 Å². The first-order valence-corrected chi connectivity index (χ1v) is 10.6. The Labute approximate surface area is 171 Å². The Morgan fingerprint density at radius 1 is 1.36 bits per heavy atom.